The Morgan fingerprint density at radius 1 is 1.31 bits per heavy atom. The number of aryl methyl sites for hydroxylation is 2. The number of hydrogen-bond acceptors (Lipinski definition) is 3. The summed E-state index contributed by atoms with van der Waals surface area (Å²) in [4.78, 5) is 0. The number of fused-ring (bicyclic) bond motifs is 1. The molecule has 0 radical (unpaired) electrons. The minimum Gasteiger partial charge on any atom is -0.316 e. The van der Waals surface area contributed by atoms with Crippen LogP contribution in [0.15, 0.2) is 0 Å². The van der Waals surface area contributed by atoms with Crippen molar-refractivity contribution in [1.82, 2.24) is 20.1 Å². The van der Waals surface area contributed by atoms with Crippen molar-refractivity contribution in [3.63, 3.8) is 0 Å². The van der Waals surface area contributed by atoms with E-state index in [2.05, 4.69) is 20.1 Å². The first-order valence-electron chi connectivity index (χ1n) is 6.55. The largest absolute Gasteiger partial charge is 0.316 e. The van der Waals surface area contributed by atoms with Crippen LogP contribution in [0.1, 0.15) is 37.3 Å². The van der Waals surface area contributed by atoms with Crippen molar-refractivity contribution in [2.24, 2.45) is 5.92 Å². The normalized spacial score (nSPS) is 24.6. The van der Waals surface area contributed by atoms with Crippen LogP contribution in [0, 0.1) is 5.92 Å². The van der Waals surface area contributed by atoms with E-state index in [1.54, 1.807) is 0 Å². The summed E-state index contributed by atoms with van der Waals surface area (Å²) in [6, 6.07) is 0. The first-order chi connectivity index (χ1) is 7.93. The fourth-order valence-corrected chi connectivity index (χ4v) is 2.85. The molecular formula is C12H20N4. The summed E-state index contributed by atoms with van der Waals surface area (Å²) >= 11 is 0. The molecule has 0 aromatic carbocycles. The quantitative estimate of drug-likeness (QED) is 0.831. The monoisotopic (exact) mass is 220 g/mol. The highest BCUT2D eigenvalue weighted by atomic mass is 15.3. The molecule has 1 aromatic rings. The molecular weight excluding hydrogens is 200 g/mol. The van der Waals surface area contributed by atoms with Crippen molar-refractivity contribution in [3.8, 4) is 0 Å². The first-order valence-corrected chi connectivity index (χ1v) is 6.55. The molecule has 1 unspecified atom stereocenters. The fraction of sp³-hybridized carbons (Fsp3) is 0.833. The summed E-state index contributed by atoms with van der Waals surface area (Å²) < 4.78 is 2.35. The van der Waals surface area contributed by atoms with Gasteiger partial charge in [-0.3, -0.25) is 0 Å². The Kier molecular flexibility index (Phi) is 2.91. The molecule has 0 amide bonds. The molecule has 0 aliphatic carbocycles. The molecule has 88 valence electrons. The molecule has 4 nitrogen and oxygen atoms in total. The van der Waals surface area contributed by atoms with Crippen LogP contribution in [-0.4, -0.2) is 27.9 Å². The third-order valence-corrected chi connectivity index (χ3v) is 3.87. The van der Waals surface area contributed by atoms with E-state index in [9.17, 15) is 0 Å². The molecule has 0 spiro atoms. The second kappa shape index (κ2) is 4.53. The average molecular weight is 220 g/mol. The Bertz CT molecular complexity index is 352. The maximum atomic E-state index is 4.35. The lowest BCUT2D eigenvalue weighted by atomic mass is 10.0. The van der Waals surface area contributed by atoms with E-state index < -0.39 is 0 Å². The van der Waals surface area contributed by atoms with Gasteiger partial charge in [-0.15, -0.1) is 10.2 Å². The molecule has 2 aliphatic rings. The highest BCUT2D eigenvalue weighted by Gasteiger charge is 2.18. The number of rotatable bonds is 3. The topological polar surface area (TPSA) is 42.7 Å². The Balaban J connectivity index is 1.63. The van der Waals surface area contributed by atoms with E-state index in [1.807, 2.05) is 0 Å². The Morgan fingerprint density at radius 2 is 2.31 bits per heavy atom. The summed E-state index contributed by atoms with van der Waals surface area (Å²) in [5, 5.41) is 12.1. The summed E-state index contributed by atoms with van der Waals surface area (Å²) in [6.07, 6.45) is 7.41. The lowest BCUT2D eigenvalue weighted by Crippen LogP contribution is -2.14. The van der Waals surface area contributed by atoms with Gasteiger partial charge in [-0.2, -0.15) is 0 Å². The lowest BCUT2D eigenvalue weighted by molar-refractivity contribution is 0.481. The molecule has 1 aromatic heterocycles. The fourth-order valence-electron chi connectivity index (χ4n) is 2.85. The second-order valence-corrected chi connectivity index (χ2v) is 5.04. The van der Waals surface area contributed by atoms with Crippen LogP contribution in [0.25, 0.3) is 0 Å². The third kappa shape index (κ3) is 1.98. The van der Waals surface area contributed by atoms with Gasteiger partial charge in [-0.05, 0) is 44.7 Å². The number of nitrogens with one attached hydrogen (secondary N) is 1. The zero-order valence-electron chi connectivity index (χ0n) is 9.78. The minimum absolute atomic E-state index is 0.858. The van der Waals surface area contributed by atoms with Gasteiger partial charge in [0.05, 0.1) is 0 Å². The standard InChI is InChI=1S/C12H20N4/c1-2-8-16-11(3-1)14-15-12(16)5-4-10-6-7-13-9-10/h10,13H,1-9H2. The van der Waals surface area contributed by atoms with E-state index in [1.165, 1.54) is 50.4 Å². The maximum Gasteiger partial charge on any atom is 0.133 e. The van der Waals surface area contributed by atoms with E-state index in [0.717, 1.165) is 25.3 Å². The van der Waals surface area contributed by atoms with Crippen molar-refractivity contribution >= 4 is 0 Å². The van der Waals surface area contributed by atoms with Gasteiger partial charge in [0.15, 0.2) is 0 Å². The number of nitrogens with zero attached hydrogens (tertiary/aromatic N) is 3. The Labute approximate surface area is 96.4 Å². The molecule has 0 bridgehead atoms. The van der Waals surface area contributed by atoms with Crippen molar-refractivity contribution < 1.29 is 0 Å². The van der Waals surface area contributed by atoms with Gasteiger partial charge in [-0.25, -0.2) is 0 Å². The summed E-state index contributed by atoms with van der Waals surface area (Å²) in [5.74, 6) is 3.30. The summed E-state index contributed by atoms with van der Waals surface area (Å²) in [7, 11) is 0. The molecule has 4 heteroatoms. The zero-order valence-corrected chi connectivity index (χ0v) is 9.78. The number of hydrogen-bond donors (Lipinski definition) is 1. The molecule has 1 fully saturated rings. The highest BCUT2D eigenvalue weighted by molar-refractivity contribution is 4.99. The van der Waals surface area contributed by atoms with Crippen LogP contribution >= 0.6 is 0 Å². The Hall–Kier alpha value is -0.900. The maximum absolute atomic E-state index is 4.35. The van der Waals surface area contributed by atoms with E-state index in [0.29, 0.717) is 0 Å². The van der Waals surface area contributed by atoms with Crippen LogP contribution in [0.3, 0.4) is 0 Å². The van der Waals surface area contributed by atoms with Crippen molar-refractivity contribution in [2.45, 2.75) is 45.1 Å². The van der Waals surface area contributed by atoms with Crippen LogP contribution in [0.5, 0.6) is 0 Å². The lowest BCUT2D eigenvalue weighted by Gasteiger charge is -2.15. The van der Waals surface area contributed by atoms with Crippen molar-refractivity contribution in [3.05, 3.63) is 11.6 Å². The molecule has 1 N–H and O–H groups in total. The summed E-state index contributed by atoms with van der Waals surface area (Å²) in [5.41, 5.74) is 0. The van der Waals surface area contributed by atoms with Gasteiger partial charge in [0.25, 0.3) is 0 Å². The van der Waals surface area contributed by atoms with E-state index in [4.69, 9.17) is 0 Å². The van der Waals surface area contributed by atoms with E-state index in [-0.39, 0.29) is 0 Å². The van der Waals surface area contributed by atoms with Crippen molar-refractivity contribution in [2.75, 3.05) is 13.1 Å². The predicted molar refractivity (Wildman–Crippen MR) is 62.3 cm³/mol. The van der Waals surface area contributed by atoms with Gasteiger partial charge in [-0.1, -0.05) is 0 Å². The van der Waals surface area contributed by atoms with Gasteiger partial charge >= 0.3 is 0 Å². The second-order valence-electron chi connectivity index (χ2n) is 5.04. The van der Waals surface area contributed by atoms with Crippen molar-refractivity contribution in [1.29, 1.82) is 0 Å². The number of aromatic nitrogens is 3. The molecule has 2 aliphatic heterocycles. The average Bonchev–Trinajstić information content (AvgIpc) is 2.96. The van der Waals surface area contributed by atoms with Crippen LogP contribution in [0.2, 0.25) is 0 Å². The molecule has 1 saturated heterocycles. The molecule has 0 saturated carbocycles. The van der Waals surface area contributed by atoms with Crippen LogP contribution in [-0.2, 0) is 19.4 Å². The molecule has 3 rings (SSSR count). The zero-order chi connectivity index (χ0) is 10.8. The highest BCUT2D eigenvalue weighted by Crippen LogP contribution is 2.18. The molecule has 3 heterocycles. The van der Waals surface area contributed by atoms with Crippen LogP contribution < -0.4 is 5.32 Å². The van der Waals surface area contributed by atoms with Gasteiger partial charge in [0, 0.05) is 19.4 Å². The minimum atomic E-state index is 0.858. The van der Waals surface area contributed by atoms with Gasteiger partial charge < -0.3 is 9.88 Å². The van der Waals surface area contributed by atoms with Gasteiger partial charge in [0.2, 0.25) is 0 Å². The van der Waals surface area contributed by atoms with Gasteiger partial charge in [0.1, 0.15) is 11.6 Å². The summed E-state index contributed by atoms with van der Waals surface area (Å²) in [6.45, 7) is 3.53. The van der Waals surface area contributed by atoms with E-state index >= 15 is 0 Å². The molecule has 16 heavy (non-hydrogen) atoms. The smallest absolute Gasteiger partial charge is 0.133 e. The predicted octanol–water partition coefficient (Wildman–Crippen LogP) is 1.16. The SMILES string of the molecule is C1CCn2c(nnc2CCC2CCNC2)C1. The first kappa shape index (κ1) is 10.3. The Morgan fingerprint density at radius 3 is 3.19 bits per heavy atom. The van der Waals surface area contributed by atoms with Crippen LogP contribution in [0.4, 0.5) is 0 Å². The third-order valence-electron chi connectivity index (χ3n) is 3.87. The molecule has 1 atom stereocenters.